The normalized spacial score (nSPS) is 10.6. The quantitative estimate of drug-likeness (QED) is 0.636. The number of esters is 1. The molecule has 0 saturated carbocycles. The van der Waals surface area contributed by atoms with Gasteiger partial charge < -0.3 is 16.2 Å². The zero-order valence-electron chi connectivity index (χ0n) is 8.88. The van der Waals surface area contributed by atoms with Crippen molar-refractivity contribution in [3.8, 4) is 0 Å². The predicted octanol–water partition coefficient (Wildman–Crippen LogP) is 1.16. The zero-order valence-corrected chi connectivity index (χ0v) is 10.5. The molecule has 4 nitrogen and oxygen atoms in total. The van der Waals surface area contributed by atoms with Gasteiger partial charge in [-0.15, -0.1) is 24.8 Å². The highest BCUT2D eigenvalue weighted by molar-refractivity contribution is 5.85. The minimum atomic E-state index is -0.608. The van der Waals surface area contributed by atoms with Gasteiger partial charge in [0.1, 0.15) is 6.04 Å². The molecule has 0 aromatic heterocycles. The van der Waals surface area contributed by atoms with Gasteiger partial charge in [-0.1, -0.05) is 12.1 Å². The van der Waals surface area contributed by atoms with E-state index in [2.05, 4.69) is 4.74 Å². The molecule has 0 fully saturated rings. The summed E-state index contributed by atoms with van der Waals surface area (Å²) in [5, 5.41) is 0. The number of benzene rings is 1. The van der Waals surface area contributed by atoms with Crippen molar-refractivity contribution in [1.29, 1.82) is 0 Å². The smallest absolute Gasteiger partial charge is 0.322 e. The van der Waals surface area contributed by atoms with Crippen molar-refractivity contribution in [1.82, 2.24) is 0 Å². The van der Waals surface area contributed by atoms with E-state index in [0.717, 1.165) is 5.56 Å². The Bertz CT molecular complexity index is 317. The van der Waals surface area contributed by atoms with Crippen molar-refractivity contribution in [3.63, 3.8) is 0 Å². The third-order valence-electron chi connectivity index (χ3n) is 1.94. The van der Waals surface area contributed by atoms with Crippen LogP contribution in [0.25, 0.3) is 0 Å². The van der Waals surface area contributed by atoms with E-state index in [1.165, 1.54) is 7.11 Å². The molecule has 0 bridgehead atoms. The van der Waals surface area contributed by atoms with E-state index in [1.54, 1.807) is 12.1 Å². The minimum absolute atomic E-state index is 0. The van der Waals surface area contributed by atoms with E-state index in [-0.39, 0.29) is 24.8 Å². The monoisotopic (exact) mass is 266 g/mol. The summed E-state index contributed by atoms with van der Waals surface area (Å²) in [7, 11) is 1.32. The fraction of sp³-hybridized carbons (Fsp3) is 0.300. The molecule has 1 atom stereocenters. The molecule has 0 unspecified atom stereocenters. The highest BCUT2D eigenvalue weighted by Crippen LogP contribution is 2.07. The molecule has 0 spiro atoms. The Kier molecular flexibility index (Phi) is 8.95. The van der Waals surface area contributed by atoms with Gasteiger partial charge in [0, 0.05) is 5.69 Å². The van der Waals surface area contributed by atoms with Gasteiger partial charge in [-0.3, -0.25) is 4.79 Å². The first-order valence-corrected chi connectivity index (χ1v) is 4.31. The number of halogens is 2. The molecule has 0 radical (unpaired) electrons. The van der Waals surface area contributed by atoms with E-state index in [4.69, 9.17) is 11.5 Å². The molecular weight excluding hydrogens is 251 g/mol. The van der Waals surface area contributed by atoms with E-state index >= 15 is 0 Å². The predicted molar refractivity (Wildman–Crippen MR) is 69.0 cm³/mol. The molecule has 0 saturated heterocycles. The molecule has 0 aliphatic carbocycles. The van der Waals surface area contributed by atoms with Crippen LogP contribution in [0.15, 0.2) is 24.3 Å². The van der Waals surface area contributed by atoms with Crippen molar-refractivity contribution >= 4 is 36.5 Å². The Hall–Kier alpha value is -0.970. The lowest BCUT2D eigenvalue weighted by atomic mass is 10.1. The first kappa shape index (κ1) is 17.4. The van der Waals surface area contributed by atoms with Gasteiger partial charge in [0.15, 0.2) is 0 Å². The summed E-state index contributed by atoms with van der Waals surface area (Å²) in [6.45, 7) is 0. The van der Waals surface area contributed by atoms with Crippen LogP contribution in [0.3, 0.4) is 0 Å². The first-order valence-electron chi connectivity index (χ1n) is 4.31. The fourth-order valence-electron chi connectivity index (χ4n) is 1.14. The molecule has 1 aromatic carbocycles. The lowest BCUT2D eigenvalue weighted by molar-refractivity contribution is -0.142. The number of nitrogen functional groups attached to an aromatic ring is 1. The van der Waals surface area contributed by atoms with Gasteiger partial charge in [0.2, 0.25) is 0 Å². The van der Waals surface area contributed by atoms with Crippen LogP contribution in [0.4, 0.5) is 5.69 Å². The number of methoxy groups -OCH3 is 1. The highest BCUT2D eigenvalue weighted by Gasteiger charge is 2.13. The van der Waals surface area contributed by atoms with Crippen LogP contribution in [0.1, 0.15) is 5.56 Å². The van der Waals surface area contributed by atoms with Crippen LogP contribution in [-0.2, 0) is 16.0 Å². The van der Waals surface area contributed by atoms with Crippen molar-refractivity contribution in [2.24, 2.45) is 5.73 Å². The molecule has 1 aromatic rings. The van der Waals surface area contributed by atoms with Crippen LogP contribution in [0.2, 0.25) is 0 Å². The Balaban J connectivity index is 0. The van der Waals surface area contributed by atoms with Crippen LogP contribution < -0.4 is 11.5 Å². The largest absolute Gasteiger partial charge is 0.468 e. The summed E-state index contributed by atoms with van der Waals surface area (Å²) in [5.41, 5.74) is 12.8. The molecule has 0 aliphatic heterocycles. The summed E-state index contributed by atoms with van der Waals surface area (Å²) >= 11 is 0. The summed E-state index contributed by atoms with van der Waals surface area (Å²) < 4.78 is 4.52. The maximum atomic E-state index is 11.0. The zero-order chi connectivity index (χ0) is 10.6. The van der Waals surface area contributed by atoms with Gasteiger partial charge >= 0.3 is 5.97 Å². The lowest BCUT2D eigenvalue weighted by Gasteiger charge is -2.08. The number of nitrogens with two attached hydrogens (primary N) is 2. The van der Waals surface area contributed by atoms with Crippen molar-refractivity contribution < 1.29 is 9.53 Å². The molecule has 4 N–H and O–H groups in total. The molecule has 0 heterocycles. The molecule has 92 valence electrons. The average Bonchev–Trinajstić information content (AvgIpc) is 2.20. The topological polar surface area (TPSA) is 78.3 Å². The highest BCUT2D eigenvalue weighted by atomic mass is 35.5. The fourth-order valence-corrected chi connectivity index (χ4v) is 1.14. The summed E-state index contributed by atoms with van der Waals surface area (Å²) in [4.78, 5) is 11.0. The number of hydrogen-bond donors (Lipinski definition) is 2. The second-order valence-electron chi connectivity index (χ2n) is 3.08. The number of hydrogen-bond acceptors (Lipinski definition) is 4. The Morgan fingerprint density at radius 3 is 2.25 bits per heavy atom. The van der Waals surface area contributed by atoms with Crippen LogP contribution >= 0.6 is 24.8 Å². The van der Waals surface area contributed by atoms with Crippen LogP contribution in [0, 0.1) is 0 Å². The Morgan fingerprint density at radius 1 is 1.31 bits per heavy atom. The first-order chi connectivity index (χ1) is 6.63. The molecule has 6 heteroatoms. The van der Waals surface area contributed by atoms with Gasteiger partial charge in [0.05, 0.1) is 7.11 Å². The number of carbonyl (C=O) groups excluding carboxylic acids is 1. The number of carbonyl (C=O) groups is 1. The van der Waals surface area contributed by atoms with E-state index < -0.39 is 12.0 Å². The summed E-state index contributed by atoms with van der Waals surface area (Å²) in [6.07, 6.45) is 0.465. The molecule has 0 amide bonds. The van der Waals surface area contributed by atoms with Crippen molar-refractivity contribution in [2.75, 3.05) is 12.8 Å². The van der Waals surface area contributed by atoms with Crippen LogP contribution in [0.5, 0.6) is 0 Å². The third kappa shape index (κ3) is 5.21. The maximum Gasteiger partial charge on any atom is 0.322 e. The standard InChI is InChI=1S/C10H14N2O2.2ClH/c1-14-10(13)9(12)6-7-2-4-8(11)5-3-7;;/h2-5,9H,6,11-12H2,1H3;2*1H/t9-;;/m0../s1. The van der Waals surface area contributed by atoms with Gasteiger partial charge in [-0.25, -0.2) is 0 Å². The van der Waals surface area contributed by atoms with Gasteiger partial charge in [0.25, 0.3) is 0 Å². The van der Waals surface area contributed by atoms with Crippen LogP contribution in [-0.4, -0.2) is 19.1 Å². The van der Waals surface area contributed by atoms with E-state index in [0.29, 0.717) is 12.1 Å². The van der Waals surface area contributed by atoms with Gasteiger partial charge in [-0.2, -0.15) is 0 Å². The minimum Gasteiger partial charge on any atom is -0.468 e. The Morgan fingerprint density at radius 2 is 1.81 bits per heavy atom. The second kappa shape index (κ2) is 8.21. The Labute approximate surface area is 107 Å². The van der Waals surface area contributed by atoms with E-state index in [9.17, 15) is 4.79 Å². The molecular formula is C10H16Cl2N2O2. The van der Waals surface area contributed by atoms with Crippen molar-refractivity contribution in [3.05, 3.63) is 29.8 Å². The number of ether oxygens (including phenoxy) is 1. The third-order valence-corrected chi connectivity index (χ3v) is 1.94. The van der Waals surface area contributed by atoms with E-state index in [1.807, 2.05) is 12.1 Å². The van der Waals surface area contributed by atoms with Gasteiger partial charge in [-0.05, 0) is 24.1 Å². The number of rotatable bonds is 3. The lowest BCUT2D eigenvalue weighted by Crippen LogP contribution is -2.33. The SMILES string of the molecule is COC(=O)[C@@H](N)Cc1ccc(N)cc1.Cl.Cl. The van der Waals surface area contributed by atoms with Crippen molar-refractivity contribution in [2.45, 2.75) is 12.5 Å². The molecule has 16 heavy (non-hydrogen) atoms. The second-order valence-corrected chi connectivity index (χ2v) is 3.08. The molecule has 0 aliphatic rings. The number of anilines is 1. The summed E-state index contributed by atoms with van der Waals surface area (Å²) in [5.74, 6) is -0.401. The summed E-state index contributed by atoms with van der Waals surface area (Å²) in [6, 6.07) is 6.64. The maximum absolute atomic E-state index is 11.0. The average molecular weight is 267 g/mol. The molecule has 1 rings (SSSR count).